The molecule has 0 spiro atoms. The van der Waals surface area contributed by atoms with Crippen LogP contribution in [0.2, 0.25) is 0 Å². The average molecular weight is 239 g/mol. The first-order chi connectivity index (χ1) is 8.29. The van der Waals surface area contributed by atoms with Crippen molar-refractivity contribution in [1.82, 2.24) is 0 Å². The van der Waals surface area contributed by atoms with Gasteiger partial charge in [-0.15, -0.1) is 0 Å². The van der Waals surface area contributed by atoms with Crippen LogP contribution in [0, 0.1) is 11.3 Å². The van der Waals surface area contributed by atoms with Gasteiger partial charge in [0.1, 0.15) is 5.75 Å². The molecule has 2 aromatic rings. The molecule has 0 fully saturated rings. The van der Waals surface area contributed by atoms with Crippen molar-refractivity contribution >= 4 is 17.3 Å². The molecule has 0 N–H and O–H groups in total. The quantitative estimate of drug-likeness (QED) is 0.754. The molecule has 0 aliphatic rings. The largest absolute Gasteiger partial charge is 0.445 e. The molecule has 2 aromatic carbocycles. The lowest BCUT2D eigenvalue weighted by atomic mass is 10.2. The van der Waals surface area contributed by atoms with E-state index in [0.29, 0.717) is 16.4 Å². The number of thiocarbonyl (C=S) groups is 1. The minimum atomic E-state index is 0.426. The second kappa shape index (κ2) is 5.24. The van der Waals surface area contributed by atoms with E-state index >= 15 is 0 Å². The van der Waals surface area contributed by atoms with Crippen molar-refractivity contribution in [3.05, 3.63) is 65.7 Å². The van der Waals surface area contributed by atoms with Gasteiger partial charge in [-0.2, -0.15) is 5.26 Å². The van der Waals surface area contributed by atoms with E-state index < -0.39 is 0 Å². The summed E-state index contributed by atoms with van der Waals surface area (Å²) >= 11 is 5.18. The van der Waals surface area contributed by atoms with E-state index in [-0.39, 0.29) is 0 Å². The van der Waals surface area contributed by atoms with Crippen LogP contribution in [0.15, 0.2) is 54.6 Å². The van der Waals surface area contributed by atoms with E-state index in [2.05, 4.69) is 6.07 Å². The summed E-state index contributed by atoms with van der Waals surface area (Å²) in [6.07, 6.45) is 0. The molecule has 0 aliphatic heterocycles. The first-order valence-corrected chi connectivity index (χ1v) is 5.48. The summed E-state index contributed by atoms with van der Waals surface area (Å²) in [6.45, 7) is 0. The van der Waals surface area contributed by atoms with Gasteiger partial charge in [-0.1, -0.05) is 30.3 Å². The number of hydrogen-bond acceptors (Lipinski definition) is 3. The van der Waals surface area contributed by atoms with Crippen LogP contribution in [0.25, 0.3) is 0 Å². The fourth-order valence-electron chi connectivity index (χ4n) is 1.34. The standard InChI is InChI=1S/C14H9NOS/c15-10-11-6-8-13(9-7-11)16-14(17)12-4-2-1-3-5-12/h1-9H. The Hall–Kier alpha value is -2.18. The van der Waals surface area contributed by atoms with Gasteiger partial charge in [-0.05, 0) is 36.5 Å². The predicted molar refractivity (Wildman–Crippen MR) is 69.9 cm³/mol. The van der Waals surface area contributed by atoms with Crippen LogP contribution < -0.4 is 4.74 Å². The van der Waals surface area contributed by atoms with Gasteiger partial charge < -0.3 is 4.74 Å². The minimum absolute atomic E-state index is 0.426. The van der Waals surface area contributed by atoms with Crippen molar-refractivity contribution in [2.24, 2.45) is 0 Å². The Morgan fingerprint density at radius 3 is 2.24 bits per heavy atom. The summed E-state index contributed by atoms with van der Waals surface area (Å²) in [4.78, 5) is 0. The summed E-state index contributed by atoms with van der Waals surface area (Å²) < 4.78 is 5.52. The number of benzene rings is 2. The van der Waals surface area contributed by atoms with E-state index in [9.17, 15) is 0 Å². The van der Waals surface area contributed by atoms with Crippen LogP contribution in [-0.2, 0) is 0 Å². The van der Waals surface area contributed by atoms with Crippen LogP contribution in [0.1, 0.15) is 11.1 Å². The fourth-order valence-corrected chi connectivity index (χ4v) is 1.57. The Kier molecular flexibility index (Phi) is 3.49. The summed E-state index contributed by atoms with van der Waals surface area (Å²) in [5.74, 6) is 0.637. The lowest BCUT2D eigenvalue weighted by Crippen LogP contribution is -2.06. The van der Waals surface area contributed by atoms with E-state index in [1.54, 1.807) is 24.3 Å². The summed E-state index contributed by atoms with van der Waals surface area (Å²) in [6, 6.07) is 18.4. The van der Waals surface area contributed by atoms with Gasteiger partial charge in [0.25, 0.3) is 0 Å². The summed E-state index contributed by atoms with van der Waals surface area (Å²) in [5, 5.41) is 9.10. The minimum Gasteiger partial charge on any atom is -0.445 e. The van der Waals surface area contributed by atoms with E-state index in [4.69, 9.17) is 22.2 Å². The molecule has 0 saturated heterocycles. The molecule has 0 unspecified atom stereocenters. The second-order valence-corrected chi connectivity index (χ2v) is 3.76. The van der Waals surface area contributed by atoms with Gasteiger partial charge in [0.05, 0.1) is 11.6 Å². The third kappa shape index (κ3) is 2.90. The molecule has 0 aliphatic carbocycles. The molecule has 0 amide bonds. The van der Waals surface area contributed by atoms with Crippen molar-refractivity contribution in [1.29, 1.82) is 5.26 Å². The van der Waals surface area contributed by atoms with Gasteiger partial charge in [0, 0.05) is 5.56 Å². The zero-order valence-corrected chi connectivity index (χ0v) is 9.78. The Labute approximate surface area is 105 Å². The van der Waals surface area contributed by atoms with E-state index in [1.165, 1.54) is 0 Å². The van der Waals surface area contributed by atoms with Crippen molar-refractivity contribution in [2.45, 2.75) is 0 Å². The summed E-state index contributed by atoms with van der Waals surface area (Å²) in [5.41, 5.74) is 1.47. The Bertz CT molecular complexity index is 555. The van der Waals surface area contributed by atoms with Crippen molar-refractivity contribution in [3.8, 4) is 11.8 Å². The topological polar surface area (TPSA) is 33.0 Å². The Morgan fingerprint density at radius 1 is 1.00 bits per heavy atom. The molecule has 17 heavy (non-hydrogen) atoms. The highest BCUT2D eigenvalue weighted by Crippen LogP contribution is 2.14. The Balaban J connectivity index is 2.11. The first kappa shape index (κ1) is 11.3. The molecule has 2 nitrogen and oxygen atoms in total. The van der Waals surface area contributed by atoms with Gasteiger partial charge in [-0.25, -0.2) is 0 Å². The third-order valence-corrected chi connectivity index (χ3v) is 2.52. The molecular formula is C14H9NOS. The first-order valence-electron chi connectivity index (χ1n) is 5.07. The van der Waals surface area contributed by atoms with Gasteiger partial charge in [0.15, 0.2) is 5.05 Å². The average Bonchev–Trinajstić information content (AvgIpc) is 2.40. The molecule has 3 heteroatoms. The van der Waals surface area contributed by atoms with Crippen LogP contribution in [0.5, 0.6) is 5.75 Å². The molecule has 0 atom stereocenters. The maximum absolute atomic E-state index is 8.67. The predicted octanol–water partition coefficient (Wildman–Crippen LogP) is 3.31. The fraction of sp³-hybridized carbons (Fsp3) is 0. The molecule has 0 heterocycles. The van der Waals surface area contributed by atoms with Gasteiger partial charge >= 0.3 is 0 Å². The zero-order valence-electron chi connectivity index (χ0n) is 8.96. The highest BCUT2D eigenvalue weighted by molar-refractivity contribution is 7.80. The molecule has 0 radical (unpaired) electrons. The molecule has 2 rings (SSSR count). The lowest BCUT2D eigenvalue weighted by Gasteiger charge is -2.06. The molecule has 0 aromatic heterocycles. The highest BCUT2D eigenvalue weighted by atomic mass is 32.1. The van der Waals surface area contributed by atoms with Crippen LogP contribution in [0.4, 0.5) is 0 Å². The van der Waals surface area contributed by atoms with Crippen LogP contribution in [-0.4, -0.2) is 5.05 Å². The van der Waals surface area contributed by atoms with Crippen molar-refractivity contribution < 1.29 is 4.74 Å². The van der Waals surface area contributed by atoms with E-state index in [1.807, 2.05) is 30.3 Å². The number of hydrogen-bond donors (Lipinski definition) is 0. The van der Waals surface area contributed by atoms with Gasteiger partial charge in [0.2, 0.25) is 0 Å². The van der Waals surface area contributed by atoms with Crippen molar-refractivity contribution in [3.63, 3.8) is 0 Å². The van der Waals surface area contributed by atoms with Crippen LogP contribution >= 0.6 is 12.2 Å². The SMILES string of the molecule is N#Cc1ccc(OC(=S)c2ccccc2)cc1. The Morgan fingerprint density at radius 2 is 1.65 bits per heavy atom. The molecule has 0 bridgehead atoms. The highest BCUT2D eigenvalue weighted by Gasteiger charge is 2.03. The smallest absolute Gasteiger partial charge is 0.198 e. The van der Waals surface area contributed by atoms with Crippen molar-refractivity contribution in [2.75, 3.05) is 0 Å². The number of nitrogens with zero attached hydrogens (tertiary/aromatic N) is 1. The zero-order chi connectivity index (χ0) is 12.1. The molecule has 0 saturated carbocycles. The third-order valence-electron chi connectivity index (χ3n) is 2.20. The van der Waals surface area contributed by atoms with Crippen LogP contribution in [0.3, 0.4) is 0 Å². The van der Waals surface area contributed by atoms with Gasteiger partial charge in [-0.3, -0.25) is 0 Å². The van der Waals surface area contributed by atoms with E-state index in [0.717, 1.165) is 5.56 Å². The number of ether oxygens (including phenoxy) is 1. The monoisotopic (exact) mass is 239 g/mol. The summed E-state index contributed by atoms with van der Waals surface area (Å²) in [7, 11) is 0. The number of rotatable bonds is 2. The normalized spacial score (nSPS) is 9.35. The maximum Gasteiger partial charge on any atom is 0.198 e. The molecular weight excluding hydrogens is 230 g/mol. The molecule has 82 valence electrons. The maximum atomic E-state index is 8.67. The number of nitriles is 1. The lowest BCUT2D eigenvalue weighted by molar-refractivity contribution is 0.566. The second-order valence-electron chi connectivity index (χ2n) is 3.39.